The molecule has 1 aliphatic rings. The number of guanidine groups is 1. The van der Waals surface area contributed by atoms with E-state index in [0.29, 0.717) is 31.3 Å². The molecule has 146 valence electrons. The molecule has 9 heteroatoms. The average molecular weight is 385 g/mol. The fourth-order valence-corrected chi connectivity index (χ4v) is 4.09. The van der Waals surface area contributed by atoms with Gasteiger partial charge in [-0.2, -0.15) is 18.9 Å². The van der Waals surface area contributed by atoms with E-state index in [1.54, 1.807) is 12.1 Å². The van der Waals surface area contributed by atoms with Gasteiger partial charge in [0.1, 0.15) is 6.54 Å². The Morgan fingerprint density at radius 2 is 2.04 bits per heavy atom. The largest absolute Gasteiger partial charge is 0.322 e. The lowest BCUT2D eigenvalue weighted by Crippen LogP contribution is -2.64. The lowest BCUT2D eigenvalue weighted by molar-refractivity contribution is 0.239. The van der Waals surface area contributed by atoms with Crippen molar-refractivity contribution in [1.82, 2.24) is 14.8 Å². The van der Waals surface area contributed by atoms with E-state index in [2.05, 4.69) is 29.1 Å². The van der Waals surface area contributed by atoms with Crippen LogP contribution in [0.2, 0.25) is 0 Å². The van der Waals surface area contributed by atoms with Crippen LogP contribution in [0.25, 0.3) is 0 Å². The molecule has 0 bridgehead atoms. The molecule has 2 rings (SSSR count). The first kappa shape index (κ1) is 20.8. The number of benzene rings is 1. The van der Waals surface area contributed by atoms with Crippen LogP contribution in [-0.2, 0) is 10.1 Å². The van der Waals surface area contributed by atoms with Crippen LogP contribution in [0.1, 0.15) is 19.4 Å². The summed E-state index contributed by atoms with van der Waals surface area (Å²) >= 11 is 0. The summed E-state index contributed by atoms with van der Waals surface area (Å²) in [6.07, 6.45) is 0. The summed E-state index contributed by atoms with van der Waals surface area (Å²) in [4.78, 5) is 6.39. The third kappa shape index (κ3) is 4.60. The topological polar surface area (TPSA) is 108 Å². The van der Waals surface area contributed by atoms with Crippen molar-refractivity contribution in [3.63, 3.8) is 0 Å². The molecule has 1 aromatic carbocycles. The lowest BCUT2D eigenvalue weighted by atomic mass is 9.93. The molecule has 1 atom stereocenters. The van der Waals surface area contributed by atoms with Gasteiger partial charge < -0.3 is 10.2 Å². The third-order valence-corrected chi connectivity index (χ3v) is 5.28. The number of nitrogens with zero attached hydrogens (tertiary/aromatic N) is 3. The molecule has 1 heterocycles. The zero-order valence-electron chi connectivity index (χ0n) is 16.2. The average Bonchev–Trinajstić information content (AvgIpc) is 2.85. The Balaban J connectivity index is 2.35. The van der Waals surface area contributed by atoms with Crippen LogP contribution >= 0.6 is 0 Å². The number of hydrogen-bond acceptors (Lipinski definition) is 6. The second-order valence-corrected chi connectivity index (χ2v) is 9.39. The van der Waals surface area contributed by atoms with E-state index in [1.165, 1.54) is 6.07 Å². The molecule has 0 aliphatic carbocycles. The van der Waals surface area contributed by atoms with Gasteiger partial charge in [0.2, 0.25) is 0 Å². The summed E-state index contributed by atoms with van der Waals surface area (Å²) in [6.45, 7) is 8.53. The van der Waals surface area contributed by atoms with Gasteiger partial charge in [-0.05, 0) is 38.1 Å². The molecule has 0 amide bonds. The van der Waals surface area contributed by atoms with Gasteiger partial charge in [-0.15, -0.1) is 0 Å². The number of aryl methyl sites for hydroxylation is 1. The lowest BCUT2D eigenvalue weighted by Gasteiger charge is -2.32. The highest BCUT2D eigenvalue weighted by Crippen LogP contribution is 2.31. The van der Waals surface area contributed by atoms with Gasteiger partial charge in [0, 0.05) is 19.2 Å². The number of nitrogens with one attached hydrogen (secondary N) is 1. The minimum Gasteiger partial charge on any atom is -0.322 e. The fraction of sp³-hybridized carbons (Fsp3) is 0.588. The van der Waals surface area contributed by atoms with Crippen LogP contribution in [0.5, 0.6) is 0 Å². The first-order chi connectivity index (χ1) is 11.8. The molecule has 0 fully saturated rings. The number of quaternary nitrogens is 1. The van der Waals surface area contributed by atoms with Gasteiger partial charge >= 0.3 is 16.1 Å². The van der Waals surface area contributed by atoms with Crippen molar-refractivity contribution >= 4 is 21.8 Å². The minimum atomic E-state index is -4.39. The van der Waals surface area contributed by atoms with Crippen LogP contribution in [0, 0.1) is 12.3 Å². The van der Waals surface area contributed by atoms with E-state index in [-0.39, 0.29) is 14.9 Å². The summed E-state index contributed by atoms with van der Waals surface area (Å²) in [5.74, 6) is 7.09. The first-order valence-corrected chi connectivity index (χ1v) is 9.98. The van der Waals surface area contributed by atoms with Crippen LogP contribution < -0.4 is 15.8 Å². The molecule has 0 radical (unpaired) electrons. The zero-order chi connectivity index (χ0) is 19.8. The van der Waals surface area contributed by atoms with Gasteiger partial charge in [0.15, 0.2) is 10.6 Å². The predicted octanol–water partition coefficient (Wildman–Crippen LogP) is 0.970. The van der Waals surface area contributed by atoms with Crippen LogP contribution in [0.4, 0.5) is 5.69 Å². The summed E-state index contributed by atoms with van der Waals surface area (Å²) in [6, 6.07) is 4.72. The highest BCUT2D eigenvalue weighted by Gasteiger charge is 2.42. The molecular weight excluding hydrogens is 354 g/mol. The van der Waals surface area contributed by atoms with Crippen LogP contribution in [-0.4, -0.2) is 64.1 Å². The monoisotopic (exact) mass is 384 g/mol. The Morgan fingerprint density at radius 3 is 2.62 bits per heavy atom. The van der Waals surface area contributed by atoms with Crippen molar-refractivity contribution in [1.29, 1.82) is 0 Å². The molecule has 26 heavy (non-hydrogen) atoms. The summed E-state index contributed by atoms with van der Waals surface area (Å²) in [5.41, 5.74) is 1.15. The molecule has 0 saturated carbocycles. The molecule has 0 aromatic heterocycles. The number of nitrogens with two attached hydrogens (primary N) is 1. The molecule has 4 N–H and O–H groups in total. The standard InChI is InChI=1S/C17H29N5O3S/c1-13-6-7-15(26(23,24)25)14(10-13)22(18)9-8-19-16(22)20-11-17(2,3)12-21(4)5/h6-7,10H,8-9,11-12,18H2,1-5H3,(H-,19,20,23,24,25)/p+1. The van der Waals surface area contributed by atoms with E-state index < -0.39 is 10.1 Å². The van der Waals surface area contributed by atoms with E-state index in [0.717, 1.165) is 12.1 Å². The molecule has 8 nitrogen and oxygen atoms in total. The van der Waals surface area contributed by atoms with Crippen LogP contribution in [0.15, 0.2) is 28.1 Å². The fourth-order valence-electron chi connectivity index (χ4n) is 3.36. The minimum absolute atomic E-state index is 0.0298. The molecule has 0 saturated heterocycles. The van der Waals surface area contributed by atoms with Gasteiger partial charge in [0.05, 0.1) is 6.54 Å². The van der Waals surface area contributed by atoms with Crippen molar-refractivity contribution in [2.75, 3.05) is 40.3 Å². The summed E-state index contributed by atoms with van der Waals surface area (Å²) in [7, 11) is -0.359. The zero-order valence-corrected chi connectivity index (χ0v) is 17.0. The Kier molecular flexibility index (Phi) is 5.79. The molecule has 1 aromatic rings. The highest BCUT2D eigenvalue weighted by molar-refractivity contribution is 7.86. The van der Waals surface area contributed by atoms with Gasteiger partial charge in [-0.1, -0.05) is 19.9 Å². The first-order valence-electron chi connectivity index (χ1n) is 8.54. The van der Waals surface area contributed by atoms with E-state index in [1.807, 2.05) is 21.0 Å². The Labute approximate surface area is 156 Å². The Hall–Kier alpha value is -1.52. The van der Waals surface area contributed by atoms with Crippen molar-refractivity contribution in [2.24, 2.45) is 16.3 Å². The second-order valence-electron chi connectivity index (χ2n) is 8.00. The Morgan fingerprint density at radius 1 is 1.38 bits per heavy atom. The SMILES string of the molecule is Cc1ccc(S(=O)(=O)O)c([N+]2(N)CCN=C2NCC(C)(C)CN(C)C)c1. The van der Waals surface area contributed by atoms with Crippen molar-refractivity contribution in [2.45, 2.75) is 25.7 Å². The molecular formula is C17H30N5O3S+. The number of aliphatic imine (C=N–C) groups is 1. The smallest absolute Gasteiger partial charge is 0.322 e. The second kappa shape index (κ2) is 7.24. The maximum atomic E-state index is 11.8. The molecule has 1 unspecified atom stereocenters. The van der Waals surface area contributed by atoms with Crippen molar-refractivity contribution in [3.05, 3.63) is 23.8 Å². The summed E-state index contributed by atoms with van der Waals surface area (Å²) < 4.78 is 33.0. The highest BCUT2D eigenvalue weighted by atomic mass is 32.2. The van der Waals surface area contributed by atoms with Crippen molar-refractivity contribution < 1.29 is 13.0 Å². The van der Waals surface area contributed by atoms with E-state index in [4.69, 9.17) is 5.84 Å². The van der Waals surface area contributed by atoms with Gasteiger partial charge in [-0.25, -0.2) is 4.99 Å². The van der Waals surface area contributed by atoms with Crippen molar-refractivity contribution in [3.8, 4) is 0 Å². The van der Waals surface area contributed by atoms with Crippen LogP contribution in [0.3, 0.4) is 0 Å². The maximum absolute atomic E-state index is 11.8. The number of hydrogen-bond donors (Lipinski definition) is 3. The van der Waals surface area contributed by atoms with E-state index >= 15 is 0 Å². The number of rotatable bonds is 6. The van der Waals surface area contributed by atoms with Gasteiger partial charge in [0.25, 0.3) is 0 Å². The summed E-state index contributed by atoms with van der Waals surface area (Å²) in [5, 5.41) is 3.31. The predicted molar refractivity (Wildman–Crippen MR) is 104 cm³/mol. The normalized spacial score (nSPS) is 21.2. The molecule has 1 aliphatic heterocycles. The Bertz CT molecular complexity index is 805. The molecule has 0 spiro atoms. The van der Waals surface area contributed by atoms with E-state index in [9.17, 15) is 13.0 Å². The van der Waals surface area contributed by atoms with Gasteiger partial charge in [-0.3, -0.25) is 4.55 Å². The maximum Gasteiger partial charge on any atom is 0.322 e. The third-order valence-electron chi connectivity index (χ3n) is 4.38. The quantitative estimate of drug-likeness (QED) is 0.383.